The Balaban J connectivity index is 0.931. The van der Waals surface area contributed by atoms with Gasteiger partial charge in [0.25, 0.3) is 0 Å². The number of fused-ring (bicyclic) bond motifs is 9. The molecular formula is C51H34N6O. The molecule has 0 N–H and O–H groups in total. The summed E-state index contributed by atoms with van der Waals surface area (Å²) >= 11 is 0. The summed E-state index contributed by atoms with van der Waals surface area (Å²) in [5.41, 5.74) is 12.6. The van der Waals surface area contributed by atoms with E-state index in [9.17, 15) is 15.8 Å². The predicted octanol–water partition coefficient (Wildman–Crippen LogP) is 11.6. The lowest BCUT2D eigenvalue weighted by Crippen LogP contribution is -2.46. The maximum absolute atomic E-state index is 9.89. The van der Waals surface area contributed by atoms with Crippen molar-refractivity contribution in [1.29, 1.82) is 15.8 Å². The number of piperidine rings is 1. The first kappa shape index (κ1) is 33.7. The van der Waals surface area contributed by atoms with Gasteiger partial charge < -0.3 is 13.9 Å². The Morgan fingerprint density at radius 1 is 0.603 bits per heavy atom. The van der Waals surface area contributed by atoms with Gasteiger partial charge in [0.2, 0.25) is 0 Å². The second-order valence-corrected chi connectivity index (χ2v) is 15.5. The van der Waals surface area contributed by atoms with Crippen molar-refractivity contribution in [2.24, 2.45) is 0 Å². The van der Waals surface area contributed by atoms with Gasteiger partial charge in [-0.25, -0.2) is 0 Å². The maximum Gasteiger partial charge on any atom is 0.136 e. The number of anilines is 2. The first-order valence-electron chi connectivity index (χ1n) is 19.5. The van der Waals surface area contributed by atoms with Crippen molar-refractivity contribution in [2.75, 3.05) is 18.5 Å². The fraction of sp³-hybridized carbons (Fsp3) is 0.118. The highest BCUT2D eigenvalue weighted by atomic mass is 16.3. The van der Waals surface area contributed by atoms with Crippen LogP contribution >= 0.6 is 0 Å². The van der Waals surface area contributed by atoms with E-state index in [4.69, 9.17) is 4.42 Å². The fourth-order valence-electron chi connectivity index (χ4n) is 9.94. The molecule has 2 aromatic heterocycles. The first-order chi connectivity index (χ1) is 28.5. The number of aromatic nitrogens is 1. The molecule has 0 bridgehead atoms. The SMILES string of the molecule is CN1CC2C(CC1c1ccc(-c3c(C#N)cc(C#N)cc3C#N)cc1)c1ccccc1N2c1ccc(-n2c3ccccc3c3cc4oc5ccccc5c4cc32)cc1. The Morgan fingerprint density at radius 2 is 1.29 bits per heavy atom. The molecule has 4 heterocycles. The number of likely N-dealkylation sites (N-methyl/N-ethyl adjacent to an activating group) is 1. The standard InChI is InChI=1S/C51H34N6O/c1-55-30-48-41(24-46(55)32-14-16-33(17-15-32)51-34(28-53)22-31(27-52)23-35(51)29-54)38-8-2-6-12-45(38)57(48)37-20-18-36(19-21-37)56-44-11-5-3-9-39(44)42-26-50-43(25-47(42)56)40-10-4-7-13-49(40)58-50/h2-23,25-26,41,46,48H,24,30H2,1H3. The molecule has 1 saturated heterocycles. The lowest BCUT2D eigenvalue weighted by molar-refractivity contribution is 0.157. The van der Waals surface area contributed by atoms with E-state index >= 15 is 0 Å². The molecular weight excluding hydrogens is 713 g/mol. The summed E-state index contributed by atoms with van der Waals surface area (Å²) < 4.78 is 8.69. The van der Waals surface area contributed by atoms with E-state index in [1.807, 2.05) is 24.3 Å². The molecule has 7 heteroatoms. The van der Waals surface area contributed by atoms with Crippen molar-refractivity contribution in [3.8, 4) is 35.0 Å². The molecule has 7 nitrogen and oxygen atoms in total. The molecule has 1 fully saturated rings. The van der Waals surface area contributed by atoms with Crippen LogP contribution in [-0.2, 0) is 0 Å². The second-order valence-electron chi connectivity index (χ2n) is 15.5. The highest BCUT2D eigenvalue weighted by Gasteiger charge is 2.45. The molecule has 2 aliphatic heterocycles. The quantitative estimate of drug-likeness (QED) is 0.178. The number of rotatable bonds is 4. The van der Waals surface area contributed by atoms with Crippen LogP contribution in [0.1, 0.15) is 46.2 Å². The number of para-hydroxylation sites is 3. The van der Waals surface area contributed by atoms with Crippen molar-refractivity contribution >= 4 is 55.1 Å². The minimum Gasteiger partial charge on any atom is -0.456 e. The molecule has 3 unspecified atom stereocenters. The van der Waals surface area contributed by atoms with Crippen molar-refractivity contribution in [3.05, 3.63) is 173 Å². The van der Waals surface area contributed by atoms with E-state index in [2.05, 4.69) is 149 Å². The minimum atomic E-state index is 0.187. The van der Waals surface area contributed by atoms with Gasteiger partial charge in [0.05, 0.1) is 52.0 Å². The average molecular weight is 747 g/mol. The number of likely N-dealkylation sites (tertiary alicyclic amines) is 1. The van der Waals surface area contributed by atoms with Gasteiger partial charge in [0.1, 0.15) is 11.2 Å². The van der Waals surface area contributed by atoms with Gasteiger partial charge in [-0.15, -0.1) is 0 Å². The topological polar surface area (TPSA) is 95.9 Å². The summed E-state index contributed by atoms with van der Waals surface area (Å²) in [6.07, 6.45) is 0.953. The van der Waals surface area contributed by atoms with Gasteiger partial charge in [-0.05, 0) is 96.9 Å². The van der Waals surface area contributed by atoms with E-state index in [1.165, 1.54) is 33.3 Å². The van der Waals surface area contributed by atoms with E-state index < -0.39 is 0 Å². The molecule has 7 aromatic carbocycles. The van der Waals surface area contributed by atoms with Crippen LogP contribution in [0.15, 0.2) is 150 Å². The first-order valence-corrected chi connectivity index (χ1v) is 19.5. The molecule has 11 rings (SSSR count). The zero-order valence-electron chi connectivity index (χ0n) is 31.6. The second kappa shape index (κ2) is 13.0. The van der Waals surface area contributed by atoms with Gasteiger partial charge in [-0.1, -0.05) is 78.9 Å². The molecule has 0 aliphatic carbocycles. The van der Waals surface area contributed by atoms with Crippen molar-refractivity contribution in [3.63, 3.8) is 0 Å². The molecule has 0 radical (unpaired) electrons. The van der Waals surface area contributed by atoms with Gasteiger partial charge in [0, 0.05) is 62.7 Å². The van der Waals surface area contributed by atoms with Gasteiger partial charge in [0.15, 0.2) is 0 Å². The third-order valence-electron chi connectivity index (χ3n) is 12.5. The summed E-state index contributed by atoms with van der Waals surface area (Å²) in [4.78, 5) is 5.01. The fourth-order valence-corrected chi connectivity index (χ4v) is 9.94. The monoisotopic (exact) mass is 746 g/mol. The Labute approximate surface area is 335 Å². The van der Waals surface area contributed by atoms with Crippen LogP contribution in [0.2, 0.25) is 0 Å². The summed E-state index contributed by atoms with van der Waals surface area (Å²) in [6, 6.07) is 57.6. The molecule has 2 aliphatic rings. The van der Waals surface area contributed by atoms with Crippen LogP contribution in [0.4, 0.5) is 11.4 Å². The number of benzene rings is 7. The molecule has 9 aromatic rings. The summed E-state index contributed by atoms with van der Waals surface area (Å²) in [5, 5.41) is 33.8. The summed E-state index contributed by atoms with van der Waals surface area (Å²) in [7, 11) is 2.21. The van der Waals surface area contributed by atoms with E-state index in [0.29, 0.717) is 28.2 Å². The smallest absolute Gasteiger partial charge is 0.136 e. The molecule has 3 atom stereocenters. The lowest BCUT2D eigenvalue weighted by Gasteiger charge is -2.43. The van der Waals surface area contributed by atoms with Crippen molar-refractivity contribution in [1.82, 2.24) is 9.47 Å². The van der Waals surface area contributed by atoms with Crippen molar-refractivity contribution < 1.29 is 4.42 Å². The highest BCUT2D eigenvalue weighted by Crippen LogP contribution is 2.52. The number of nitrogens with zero attached hydrogens (tertiary/aromatic N) is 6. The van der Waals surface area contributed by atoms with Crippen LogP contribution in [-0.4, -0.2) is 29.1 Å². The van der Waals surface area contributed by atoms with Crippen LogP contribution in [0.3, 0.4) is 0 Å². The Bertz CT molecular complexity index is 3230. The predicted molar refractivity (Wildman–Crippen MR) is 229 cm³/mol. The maximum atomic E-state index is 9.89. The largest absolute Gasteiger partial charge is 0.456 e. The molecule has 0 saturated carbocycles. The van der Waals surface area contributed by atoms with E-state index in [0.717, 1.165) is 57.2 Å². The lowest BCUT2D eigenvalue weighted by atomic mass is 9.81. The Hall–Kier alpha value is -7.63. The molecule has 274 valence electrons. The Morgan fingerprint density at radius 3 is 2.05 bits per heavy atom. The molecule has 58 heavy (non-hydrogen) atoms. The minimum absolute atomic E-state index is 0.187. The van der Waals surface area contributed by atoms with Crippen LogP contribution in [0.25, 0.3) is 60.6 Å². The van der Waals surface area contributed by atoms with Gasteiger partial charge >= 0.3 is 0 Å². The van der Waals surface area contributed by atoms with Crippen LogP contribution in [0, 0.1) is 34.0 Å². The van der Waals surface area contributed by atoms with Crippen LogP contribution < -0.4 is 4.90 Å². The zero-order chi connectivity index (χ0) is 39.1. The van der Waals surface area contributed by atoms with Crippen LogP contribution in [0.5, 0.6) is 0 Å². The van der Waals surface area contributed by atoms with Gasteiger partial charge in [-0.2, -0.15) is 15.8 Å². The normalized spacial score (nSPS) is 17.6. The highest BCUT2D eigenvalue weighted by molar-refractivity contribution is 6.17. The summed E-state index contributed by atoms with van der Waals surface area (Å²) in [5.74, 6) is 0.329. The summed E-state index contributed by atoms with van der Waals surface area (Å²) in [6.45, 7) is 0.877. The van der Waals surface area contributed by atoms with E-state index in [1.54, 1.807) is 12.1 Å². The number of hydrogen-bond donors (Lipinski definition) is 0. The van der Waals surface area contributed by atoms with Gasteiger partial charge in [-0.3, -0.25) is 4.90 Å². The number of nitriles is 3. The molecule has 0 amide bonds. The third-order valence-corrected chi connectivity index (χ3v) is 12.5. The number of hydrogen-bond acceptors (Lipinski definition) is 6. The van der Waals surface area contributed by atoms with E-state index in [-0.39, 0.29) is 12.1 Å². The average Bonchev–Trinajstić information content (AvgIpc) is 3.91. The third kappa shape index (κ3) is 5.00. The van der Waals surface area contributed by atoms with Crippen molar-refractivity contribution in [2.45, 2.75) is 24.4 Å². The zero-order valence-corrected chi connectivity index (χ0v) is 31.6. The molecule has 0 spiro atoms. The number of furan rings is 1. The Kier molecular flexibility index (Phi) is 7.53.